The predicted octanol–water partition coefficient (Wildman–Crippen LogP) is 2.59. The number of aryl methyl sites for hydroxylation is 1. The number of nitrogens with zero attached hydrogens (tertiary/aromatic N) is 2. The first-order valence-corrected chi connectivity index (χ1v) is 10.4. The molecule has 1 N–H and O–H groups in total. The van der Waals surface area contributed by atoms with Crippen LogP contribution in [0.3, 0.4) is 0 Å². The van der Waals surface area contributed by atoms with Gasteiger partial charge >= 0.3 is 0 Å². The molecular formula is C24H25N3O4. The van der Waals surface area contributed by atoms with Crippen molar-refractivity contribution in [1.29, 1.82) is 0 Å². The van der Waals surface area contributed by atoms with Gasteiger partial charge in [0.1, 0.15) is 11.4 Å². The third-order valence-electron chi connectivity index (χ3n) is 5.51. The highest BCUT2D eigenvalue weighted by Gasteiger charge is 2.28. The van der Waals surface area contributed by atoms with E-state index in [0.717, 1.165) is 10.9 Å². The lowest BCUT2D eigenvalue weighted by Crippen LogP contribution is -2.53. The standard InChI is InChI=1S/C24H25N3O4/c1-16-6-5-8-19(14-16)31-17(2)23(29)26-10-12-27(13-11-26)24(30)21-15-18-7-3-4-9-20(18)22(28)25-21/h3-9,14-15,17H,10-13H2,1-2H3,(H,25,28). The third-order valence-corrected chi connectivity index (χ3v) is 5.51. The monoisotopic (exact) mass is 419 g/mol. The number of aromatic amines is 1. The molecule has 1 aliphatic heterocycles. The molecule has 7 nitrogen and oxygen atoms in total. The van der Waals surface area contributed by atoms with Gasteiger partial charge in [0.05, 0.1) is 0 Å². The van der Waals surface area contributed by atoms with Gasteiger partial charge in [0.25, 0.3) is 17.4 Å². The molecule has 2 heterocycles. The summed E-state index contributed by atoms with van der Waals surface area (Å²) in [4.78, 5) is 44.0. The lowest BCUT2D eigenvalue weighted by molar-refractivity contribution is -0.139. The molecule has 4 rings (SSSR count). The lowest BCUT2D eigenvalue weighted by Gasteiger charge is -2.35. The summed E-state index contributed by atoms with van der Waals surface area (Å²) in [5.74, 6) is 0.321. The van der Waals surface area contributed by atoms with Crippen LogP contribution in [0, 0.1) is 6.92 Å². The molecule has 2 amide bonds. The number of hydrogen-bond donors (Lipinski definition) is 1. The Bertz CT molecular complexity index is 1180. The summed E-state index contributed by atoms with van der Waals surface area (Å²) in [6, 6.07) is 16.5. The number of nitrogens with one attached hydrogen (secondary N) is 1. The maximum atomic E-state index is 12.9. The van der Waals surface area contributed by atoms with Gasteiger partial charge in [0, 0.05) is 31.6 Å². The maximum Gasteiger partial charge on any atom is 0.270 e. The van der Waals surface area contributed by atoms with E-state index in [9.17, 15) is 14.4 Å². The van der Waals surface area contributed by atoms with E-state index < -0.39 is 6.10 Å². The molecule has 160 valence electrons. The molecule has 0 spiro atoms. The highest BCUT2D eigenvalue weighted by molar-refractivity contribution is 5.96. The van der Waals surface area contributed by atoms with Crippen LogP contribution in [0.4, 0.5) is 0 Å². The fourth-order valence-electron chi connectivity index (χ4n) is 3.83. The van der Waals surface area contributed by atoms with E-state index in [-0.39, 0.29) is 23.1 Å². The molecule has 1 fully saturated rings. The van der Waals surface area contributed by atoms with Gasteiger partial charge in [-0.15, -0.1) is 0 Å². The lowest BCUT2D eigenvalue weighted by atomic mass is 10.1. The maximum absolute atomic E-state index is 12.9. The molecule has 0 bridgehead atoms. The number of ether oxygens (including phenoxy) is 1. The van der Waals surface area contributed by atoms with Crippen molar-refractivity contribution in [2.45, 2.75) is 20.0 Å². The van der Waals surface area contributed by atoms with Gasteiger partial charge in [-0.25, -0.2) is 0 Å². The van der Waals surface area contributed by atoms with Gasteiger partial charge in [-0.3, -0.25) is 14.4 Å². The zero-order valence-electron chi connectivity index (χ0n) is 17.6. The topological polar surface area (TPSA) is 82.7 Å². The van der Waals surface area contributed by atoms with Crippen LogP contribution in [0.5, 0.6) is 5.75 Å². The minimum atomic E-state index is -0.610. The van der Waals surface area contributed by atoms with Crippen LogP contribution >= 0.6 is 0 Å². The highest BCUT2D eigenvalue weighted by Crippen LogP contribution is 2.17. The van der Waals surface area contributed by atoms with Crippen molar-refractivity contribution in [2.24, 2.45) is 0 Å². The van der Waals surface area contributed by atoms with Crippen LogP contribution in [0.25, 0.3) is 10.8 Å². The minimum Gasteiger partial charge on any atom is -0.481 e. The number of carbonyl (C=O) groups excluding carboxylic acids is 2. The van der Waals surface area contributed by atoms with Gasteiger partial charge in [-0.1, -0.05) is 30.3 Å². The van der Waals surface area contributed by atoms with E-state index >= 15 is 0 Å². The van der Waals surface area contributed by atoms with Crippen LogP contribution < -0.4 is 10.3 Å². The van der Waals surface area contributed by atoms with E-state index in [2.05, 4.69) is 4.98 Å². The molecule has 3 aromatic rings. The summed E-state index contributed by atoms with van der Waals surface area (Å²) in [5.41, 5.74) is 1.05. The number of pyridine rings is 1. The van der Waals surface area contributed by atoms with E-state index in [4.69, 9.17) is 4.74 Å². The molecule has 31 heavy (non-hydrogen) atoms. The SMILES string of the molecule is Cc1cccc(OC(C)C(=O)N2CCN(C(=O)c3cc4ccccc4c(=O)[nH]3)CC2)c1. The van der Waals surface area contributed by atoms with Crippen molar-refractivity contribution >= 4 is 22.6 Å². The Kier molecular flexibility index (Phi) is 5.75. The van der Waals surface area contributed by atoms with Crippen LogP contribution in [-0.4, -0.2) is 58.9 Å². The second kappa shape index (κ2) is 8.63. The Balaban J connectivity index is 1.38. The van der Waals surface area contributed by atoms with Crippen molar-refractivity contribution in [3.05, 3.63) is 76.2 Å². The zero-order valence-corrected chi connectivity index (χ0v) is 17.6. The largest absolute Gasteiger partial charge is 0.481 e. The molecule has 0 radical (unpaired) electrons. The molecule has 1 aromatic heterocycles. The van der Waals surface area contributed by atoms with Crippen molar-refractivity contribution in [2.75, 3.05) is 26.2 Å². The number of amides is 2. The zero-order chi connectivity index (χ0) is 22.0. The number of carbonyl (C=O) groups is 2. The van der Waals surface area contributed by atoms with Crippen molar-refractivity contribution in [1.82, 2.24) is 14.8 Å². The summed E-state index contributed by atoms with van der Waals surface area (Å²) in [6.45, 7) is 5.35. The normalized spacial score (nSPS) is 15.0. The second-order valence-electron chi connectivity index (χ2n) is 7.79. The Morgan fingerprint density at radius 2 is 1.68 bits per heavy atom. The van der Waals surface area contributed by atoms with Crippen molar-refractivity contribution in [3.8, 4) is 5.75 Å². The van der Waals surface area contributed by atoms with Gasteiger partial charge in [-0.2, -0.15) is 0 Å². The first kappa shape index (κ1) is 20.7. The summed E-state index contributed by atoms with van der Waals surface area (Å²) < 4.78 is 5.80. The van der Waals surface area contributed by atoms with E-state index in [1.165, 1.54) is 0 Å². The molecule has 2 aromatic carbocycles. The second-order valence-corrected chi connectivity index (χ2v) is 7.79. The van der Waals surface area contributed by atoms with E-state index in [0.29, 0.717) is 37.3 Å². The molecule has 0 aliphatic carbocycles. The molecule has 7 heteroatoms. The number of hydrogen-bond acceptors (Lipinski definition) is 4. The third kappa shape index (κ3) is 4.45. The number of piperazine rings is 1. The summed E-state index contributed by atoms with van der Waals surface area (Å²) in [7, 11) is 0. The van der Waals surface area contributed by atoms with E-state index in [1.54, 1.807) is 34.9 Å². The minimum absolute atomic E-state index is 0.104. The van der Waals surface area contributed by atoms with Gasteiger partial charge in [-0.05, 0) is 49.1 Å². The Morgan fingerprint density at radius 3 is 2.42 bits per heavy atom. The van der Waals surface area contributed by atoms with Crippen molar-refractivity contribution in [3.63, 3.8) is 0 Å². The Hall–Kier alpha value is -3.61. The van der Waals surface area contributed by atoms with Crippen LogP contribution in [0.1, 0.15) is 23.0 Å². The van der Waals surface area contributed by atoms with Gasteiger partial charge in [0.15, 0.2) is 6.10 Å². The summed E-state index contributed by atoms with van der Waals surface area (Å²) >= 11 is 0. The molecular weight excluding hydrogens is 394 g/mol. The highest BCUT2D eigenvalue weighted by atomic mass is 16.5. The molecule has 0 saturated carbocycles. The fraction of sp³-hybridized carbons (Fsp3) is 0.292. The number of fused-ring (bicyclic) bond motifs is 1. The first-order valence-electron chi connectivity index (χ1n) is 10.4. The first-order chi connectivity index (χ1) is 14.9. The predicted molar refractivity (Wildman–Crippen MR) is 118 cm³/mol. The van der Waals surface area contributed by atoms with Gasteiger partial charge < -0.3 is 19.5 Å². The smallest absolute Gasteiger partial charge is 0.270 e. The Labute approximate surface area is 180 Å². The number of aromatic nitrogens is 1. The van der Waals surface area contributed by atoms with Gasteiger partial charge in [0.2, 0.25) is 0 Å². The summed E-state index contributed by atoms with van der Waals surface area (Å²) in [5, 5.41) is 1.28. The number of rotatable bonds is 4. The molecule has 1 saturated heterocycles. The molecule has 1 atom stereocenters. The van der Waals surface area contributed by atoms with Crippen LogP contribution in [-0.2, 0) is 4.79 Å². The van der Waals surface area contributed by atoms with Crippen LogP contribution in [0.2, 0.25) is 0 Å². The Morgan fingerprint density at radius 1 is 0.968 bits per heavy atom. The quantitative estimate of drug-likeness (QED) is 0.705. The summed E-state index contributed by atoms with van der Waals surface area (Å²) in [6.07, 6.45) is -0.610. The van der Waals surface area contributed by atoms with E-state index in [1.807, 2.05) is 43.3 Å². The average molecular weight is 419 g/mol. The molecule has 1 aliphatic rings. The fourth-order valence-corrected chi connectivity index (χ4v) is 3.83. The number of H-pyrrole nitrogens is 1. The van der Waals surface area contributed by atoms with Crippen LogP contribution in [0.15, 0.2) is 59.4 Å². The molecule has 1 unspecified atom stereocenters. The van der Waals surface area contributed by atoms with Crippen molar-refractivity contribution < 1.29 is 14.3 Å². The number of benzene rings is 2. The average Bonchev–Trinajstić information content (AvgIpc) is 2.78.